The molecule has 1 aromatic heterocycles. The van der Waals surface area contributed by atoms with Gasteiger partial charge in [0.15, 0.2) is 12.4 Å². The maximum atomic E-state index is 2.26. The van der Waals surface area contributed by atoms with Gasteiger partial charge in [-0.25, -0.2) is 0 Å². The molecule has 0 saturated carbocycles. The highest BCUT2D eigenvalue weighted by atomic mass is 79.9. The van der Waals surface area contributed by atoms with E-state index in [0.29, 0.717) is 0 Å². The lowest BCUT2D eigenvalue weighted by molar-refractivity contribution is -0.592. The number of aromatic nitrogens is 1. The summed E-state index contributed by atoms with van der Waals surface area (Å²) in [5.74, 6) is 0. The minimum Gasteiger partial charge on any atom is -1.00 e. The quantitative estimate of drug-likeness (QED) is 0.364. The molecule has 0 radical (unpaired) electrons. The Balaban J connectivity index is 0.00000132. The number of hydrogen-bond donors (Lipinski definition) is 0. The Labute approximate surface area is 134 Å². The average molecular weight is 336 g/mol. The molecule has 0 spiro atoms. The summed E-state index contributed by atoms with van der Waals surface area (Å²) in [5.41, 5.74) is 1.25. The number of rotatable bonds is 1. The van der Waals surface area contributed by atoms with Gasteiger partial charge >= 0.3 is 0 Å². The molecule has 0 N–H and O–H groups in total. The zero-order valence-electron chi connectivity index (χ0n) is 11.4. The molecular formula is C19H14BrN. The fourth-order valence-electron chi connectivity index (χ4n) is 2.82. The Morgan fingerprint density at radius 3 is 1.67 bits per heavy atom. The van der Waals surface area contributed by atoms with Crippen LogP contribution in [0.5, 0.6) is 0 Å². The summed E-state index contributed by atoms with van der Waals surface area (Å²) < 4.78 is 2.20. The maximum absolute atomic E-state index is 2.26. The Hall–Kier alpha value is -2.19. The van der Waals surface area contributed by atoms with Crippen LogP contribution in [-0.2, 0) is 0 Å². The first-order valence-corrected chi connectivity index (χ1v) is 6.81. The molecule has 4 rings (SSSR count). The van der Waals surface area contributed by atoms with Crippen molar-refractivity contribution in [1.82, 2.24) is 0 Å². The molecule has 102 valence electrons. The van der Waals surface area contributed by atoms with E-state index in [9.17, 15) is 0 Å². The minimum absolute atomic E-state index is 0. The van der Waals surface area contributed by atoms with Gasteiger partial charge in [-0.05, 0) is 29.0 Å². The van der Waals surface area contributed by atoms with Crippen LogP contribution in [0.4, 0.5) is 0 Å². The molecule has 0 unspecified atom stereocenters. The van der Waals surface area contributed by atoms with E-state index in [4.69, 9.17) is 0 Å². The average Bonchev–Trinajstić information content (AvgIpc) is 2.53. The van der Waals surface area contributed by atoms with Gasteiger partial charge in [0.2, 0.25) is 5.69 Å². The Morgan fingerprint density at radius 1 is 0.571 bits per heavy atom. The highest BCUT2D eigenvalue weighted by molar-refractivity contribution is 6.05. The van der Waals surface area contributed by atoms with Crippen molar-refractivity contribution in [1.29, 1.82) is 0 Å². The van der Waals surface area contributed by atoms with Crippen LogP contribution in [-0.4, -0.2) is 0 Å². The number of hydrogen-bond acceptors (Lipinski definition) is 0. The van der Waals surface area contributed by atoms with Crippen LogP contribution >= 0.6 is 0 Å². The molecule has 1 heterocycles. The summed E-state index contributed by atoms with van der Waals surface area (Å²) in [5, 5.41) is 5.11. The third kappa shape index (κ3) is 2.32. The van der Waals surface area contributed by atoms with Crippen molar-refractivity contribution in [2.45, 2.75) is 0 Å². The Kier molecular flexibility index (Phi) is 3.72. The van der Waals surface area contributed by atoms with Gasteiger partial charge in [0.25, 0.3) is 0 Å². The van der Waals surface area contributed by atoms with Crippen LogP contribution in [0.1, 0.15) is 0 Å². The molecule has 3 aromatic carbocycles. The van der Waals surface area contributed by atoms with E-state index >= 15 is 0 Å². The molecule has 0 aliphatic rings. The summed E-state index contributed by atoms with van der Waals surface area (Å²) in [6.07, 6.45) is 4.21. The first kappa shape index (κ1) is 13.8. The Bertz CT molecular complexity index is 847. The van der Waals surface area contributed by atoms with Gasteiger partial charge in [-0.15, -0.1) is 0 Å². The Morgan fingerprint density at radius 2 is 1.10 bits per heavy atom. The van der Waals surface area contributed by atoms with Crippen LogP contribution in [0, 0.1) is 0 Å². The molecule has 0 atom stereocenters. The molecule has 0 aliphatic carbocycles. The molecule has 0 aliphatic heterocycles. The van der Waals surface area contributed by atoms with Gasteiger partial charge in [-0.1, -0.05) is 42.5 Å². The van der Waals surface area contributed by atoms with Gasteiger partial charge in [0.1, 0.15) is 0 Å². The largest absolute Gasteiger partial charge is 1.00 e. The summed E-state index contributed by atoms with van der Waals surface area (Å²) in [6, 6.07) is 25.6. The number of benzene rings is 3. The van der Waals surface area contributed by atoms with Gasteiger partial charge < -0.3 is 17.0 Å². The van der Waals surface area contributed by atoms with Gasteiger partial charge in [0, 0.05) is 12.1 Å². The van der Waals surface area contributed by atoms with E-state index in [2.05, 4.69) is 83.7 Å². The van der Waals surface area contributed by atoms with Crippen LogP contribution in [0.25, 0.3) is 27.2 Å². The summed E-state index contributed by atoms with van der Waals surface area (Å²) in [4.78, 5) is 0. The van der Waals surface area contributed by atoms with Gasteiger partial charge in [-0.3, -0.25) is 0 Å². The van der Waals surface area contributed by atoms with E-state index in [-0.39, 0.29) is 17.0 Å². The molecular weight excluding hydrogens is 322 g/mol. The second-order valence-electron chi connectivity index (χ2n) is 4.95. The zero-order valence-corrected chi connectivity index (χ0v) is 13.0. The monoisotopic (exact) mass is 335 g/mol. The van der Waals surface area contributed by atoms with Gasteiger partial charge in [0.05, 0.1) is 10.8 Å². The van der Waals surface area contributed by atoms with E-state index < -0.39 is 0 Å². The van der Waals surface area contributed by atoms with Crippen LogP contribution in [0.3, 0.4) is 0 Å². The highest BCUT2D eigenvalue weighted by Crippen LogP contribution is 2.28. The first-order chi connectivity index (χ1) is 9.93. The standard InChI is InChI=1S/C19H14N.BrH/c1-6-12-20(13-7-1)19-17-10-4-2-8-15(17)14-16-9-3-5-11-18(16)19;/h1-14H;1H/q+1;/p-1. The van der Waals surface area contributed by atoms with Crippen molar-refractivity contribution >= 4 is 21.5 Å². The number of halogens is 1. The lowest BCUT2D eigenvalue weighted by Gasteiger charge is -2.06. The molecule has 2 heteroatoms. The molecule has 4 aromatic rings. The van der Waals surface area contributed by atoms with Crippen molar-refractivity contribution in [3.05, 3.63) is 85.2 Å². The predicted octanol–water partition coefficient (Wildman–Crippen LogP) is 1.27. The summed E-state index contributed by atoms with van der Waals surface area (Å²) in [7, 11) is 0. The number of fused-ring (bicyclic) bond motifs is 2. The fraction of sp³-hybridized carbons (Fsp3) is 0. The zero-order chi connectivity index (χ0) is 13.4. The maximum Gasteiger partial charge on any atom is 0.226 e. The molecule has 0 amide bonds. The topological polar surface area (TPSA) is 3.88 Å². The third-order valence-corrected chi connectivity index (χ3v) is 3.72. The fourth-order valence-corrected chi connectivity index (χ4v) is 2.82. The summed E-state index contributed by atoms with van der Waals surface area (Å²) in [6.45, 7) is 0. The number of nitrogens with zero attached hydrogens (tertiary/aromatic N) is 1. The molecule has 0 saturated heterocycles. The summed E-state index contributed by atoms with van der Waals surface area (Å²) >= 11 is 0. The van der Waals surface area contributed by atoms with E-state index in [1.54, 1.807) is 0 Å². The van der Waals surface area contributed by atoms with Crippen molar-refractivity contribution in [3.8, 4) is 5.69 Å². The van der Waals surface area contributed by atoms with E-state index in [1.165, 1.54) is 27.2 Å². The minimum atomic E-state index is 0. The van der Waals surface area contributed by atoms with Crippen LogP contribution < -0.4 is 21.5 Å². The lowest BCUT2D eigenvalue weighted by atomic mass is 10.0. The third-order valence-electron chi connectivity index (χ3n) is 3.72. The van der Waals surface area contributed by atoms with E-state index in [0.717, 1.165) is 0 Å². The molecule has 0 fully saturated rings. The molecule has 21 heavy (non-hydrogen) atoms. The highest BCUT2D eigenvalue weighted by Gasteiger charge is 2.15. The van der Waals surface area contributed by atoms with Crippen LogP contribution in [0.15, 0.2) is 85.2 Å². The van der Waals surface area contributed by atoms with Gasteiger partial charge in [-0.2, -0.15) is 4.57 Å². The lowest BCUT2D eigenvalue weighted by Crippen LogP contribution is -3.00. The first-order valence-electron chi connectivity index (χ1n) is 6.81. The second kappa shape index (κ2) is 5.66. The van der Waals surface area contributed by atoms with Crippen molar-refractivity contribution in [2.24, 2.45) is 0 Å². The normalized spacial score (nSPS) is 10.5. The second-order valence-corrected chi connectivity index (χ2v) is 4.95. The molecule has 1 nitrogen and oxygen atoms in total. The van der Waals surface area contributed by atoms with Crippen molar-refractivity contribution in [2.75, 3.05) is 0 Å². The molecule has 0 bridgehead atoms. The van der Waals surface area contributed by atoms with Crippen molar-refractivity contribution in [3.63, 3.8) is 0 Å². The van der Waals surface area contributed by atoms with E-state index in [1.807, 2.05) is 6.07 Å². The smallest absolute Gasteiger partial charge is 0.226 e. The van der Waals surface area contributed by atoms with Crippen LogP contribution in [0.2, 0.25) is 0 Å². The van der Waals surface area contributed by atoms with Crippen molar-refractivity contribution < 1.29 is 21.5 Å². The number of pyridine rings is 1. The SMILES string of the molecule is [Br-].c1cc[n+](-c2c3ccccc3cc3ccccc23)cc1. The predicted molar refractivity (Wildman–Crippen MR) is 83.0 cm³/mol.